The van der Waals surface area contributed by atoms with Crippen molar-refractivity contribution >= 4 is 28.3 Å². The Kier molecular flexibility index (Phi) is 5.01. The number of carboxylic acids is 1. The van der Waals surface area contributed by atoms with E-state index >= 15 is 0 Å². The molecule has 0 saturated heterocycles. The van der Waals surface area contributed by atoms with Crippen LogP contribution in [0.1, 0.15) is 15.4 Å². The number of aromatic nitrogens is 1. The fraction of sp³-hybridized carbons (Fsp3) is 0.444. The molecule has 1 rings (SSSR count). The second-order valence-electron chi connectivity index (χ2n) is 3.01. The summed E-state index contributed by atoms with van der Waals surface area (Å²) in [6.07, 6.45) is 0. The molecule has 0 saturated carbocycles. The van der Waals surface area contributed by atoms with Crippen molar-refractivity contribution < 1.29 is 24.2 Å². The van der Waals surface area contributed by atoms with Crippen LogP contribution in [0.2, 0.25) is 0 Å². The molecule has 17 heavy (non-hydrogen) atoms. The van der Waals surface area contributed by atoms with E-state index < -0.39 is 5.97 Å². The van der Waals surface area contributed by atoms with Gasteiger partial charge in [-0.15, -0.1) is 0 Å². The molecule has 1 amide bonds. The molecule has 0 spiro atoms. The highest BCUT2D eigenvalue weighted by Crippen LogP contribution is 2.23. The van der Waals surface area contributed by atoms with Gasteiger partial charge < -0.3 is 14.6 Å². The first-order chi connectivity index (χ1) is 8.08. The van der Waals surface area contributed by atoms with E-state index in [9.17, 15) is 9.59 Å². The number of nitrogens with zero attached hydrogens (tertiary/aromatic N) is 1. The highest BCUT2D eigenvalue weighted by Gasteiger charge is 2.18. The highest BCUT2D eigenvalue weighted by atomic mass is 32.1. The molecule has 8 heteroatoms. The highest BCUT2D eigenvalue weighted by molar-refractivity contribution is 7.17. The number of hydrogen-bond acceptors (Lipinski definition) is 6. The van der Waals surface area contributed by atoms with Gasteiger partial charge in [-0.25, -0.2) is 9.78 Å². The van der Waals surface area contributed by atoms with E-state index in [2.05, 4.69) is 15.0 Å². The van der Waals surface area contributed by atoms with Gasteiger partial charge in [0, 0.05) is 14.2 Å². The molecule has 0 unspecified atom stereocenters. The van der Waals surface area contributed by atoms with Crippen molar-refractivity contribution in [2.75, 3.05) is 26.1 Å². The van der Waals surface area contributed by atoms with Gasteiger partial charge in [-0.05, 0) is 0 Å². The normalized spacial score (nSPS) is 10.2. The second-order valence-corrected chi connectivity index (χ2v) is 4.01. The topological polar surface area (TPSA) is 97.8 Å². The lowest BCUT2D eigenvalue weighted by atomic mass is 10.4. The quantitative estimate of drug-likeness (QED) is 0.776. The molecule has 0 aliphatic rings. The molecule has 1 aromatic rings. The summed E-state index contributed by atoms with van der Waals surface area (Å²) in [7, 11) is 2.83. The average Bonchev–Trinajstić information content (AvgIpc) is 2.62. The van der Waals surface area contributed by atoms with Crippen molar-refractivity contribution in [2.24, 2.45) is 0 Å². The van der Waals surface area contributed by atoms with Gasteiger partial charge in [-0.1, -0.05) is 11.3 Å². The first kappa shape index (κ1) is 13.6. The number of methoxy groups -OCH3 is 2. The molecule has 0 fully saturated rings. The van der Waals surface area contributed by atoms with E-state index in [1.54, 1.807) is 0 Å². The number of carbonyl (C=O) groups is 2. The van der Waals surface area contributed by atoms with Crippen LogP contribution in [-0.2, 0) is 20.9 Å². The van der Waals surface area contributed by atoms with E-state index in [0.29, 0.717) is 0 Å². The largest absolute Gasteiger partial charge is 0.477 e. The van der Waals surface area contributed by atoms with Gasteiger partial charge >= 0.3 is 5.97 Å². The molecular formula is C9H12N2O5S. The molecule has 0 bridgehead atoms. The van der Waals surface area contributed by atoms with Crippen LogP contribution >= 0.6 is 11.3 Å². The predicted molar refractivity (Wildman–Crippen MR) is 60.3 cm³/mol. The summed E-state index contributed by atoms with van der Waals surface area (Å²) >= 11 is 0.884. The Morgan fingerprint density at radius 3 is 2.65 bits per heavy atom. The minimum atomic E-state index is -1.10. The first-order valence-electron chi connectivity index (χ1n) is 4.59. The molecule has 0 radical (unpaired) electrons. The maximum Gasteiger partial charge on any atom is 0.347 e. The van der Waals surface area contributed by atoms with Gasteiger partial charge in [0.15, 0.2) is 5.13 Å². The molecule has 1 heterocycles. The van der Waals surface area contributed by atoms with Crippen molar-refractivity contribution in [1.29, 1.82) is 0 Å². The lowest BCUT2D eigenvalue weighted by molar-refractivity contribution is -0.119. The van der Waals surface area contributed by atoms with Crippen LogP contribution in [0.3, 0.4) is 0 Å². The van der Waals surface area contributed by atoms with E-state index in [1.165, 1.54) is 14.2 Å². The first-order valence-corrected chi connectivity index (χ1v) is 5.40. The van der Waals surface area contributed by atoms with Crippen molar-refractivity contribution in [3.05, 3.63) is 10.6 Å². The smallest absolute Gasteiger partial charge is 0.347 e. The zero-order valence-corrected chi connectivity index (χ0v) is 10.2. The third-order valence-electron chi connectivity index (χ3n) is 1.69. The monoisotopic (exact) mass is 260 g/mol. The van der Waals surface area contributed by atoms with Crippen LogP contribution in [0.5, 0.6) is 0 Å². The Morgan fingerprint density at radius 1 is 1.41 bits per heavy atom. The van der Waals surface area contributed by atoms with E-state index in [-0.39, 0.29) is 34.8 Å². The van der Waals surface area contributed by atoms with E-state index in [0.717, 1.165) is 11.3 Å². The van der Waals surface area contributed by atoms with Crippen LogP contribution in [0.25, 0.3) is 0 Å². The summed E-state index contributed by atoms with van der Waals surface area (Å²) < 4.78 is 9.46. The number of thiazole rings is 1. The average molecular weight is 260 g/mol. The number of ether oxygens (including phenoxy) is 2. The summed E-state index contributed by atoms with van der Waals surface area (Å²) in [5, 5.41) is 11.6. The van der Waals surface area contributed by atoms with Gasteiger partial charge in [-0.2, -0.15) is 0 Å². The van der Waals surface area contributed by atoms with Crippen molar-refractivity contribution in [3.8, 4) is 0 Å². The molecular weight excluding hydrogens is 248 g/mol. The fourth-order valence-electron chi connectivity index (χ4n) is 1.09. The number of carboxylic acid groups (broad SMARTS) is 1. The molecule has 0 aliphatic heterocycles. The summed E-state index contributed by atoms with van der Waals surface area (Å²) in [6, 6.07) is 0. The zero-order valence-electron chi connectivity index (χ0n) is 9.35. The fourth-order valence-corrected chi connectivity index (χ4v) is 1.92. The van der Waals surface area contributed by atoms with E-state index in [4.69, 9.17) is 9.84 Å². The van der Waals surface area contributed by atoms with Gasteiger partial charge in [0.05, 0.1) is 12.3 Å². The van der Waals surface area contributed by atoms with Crippen molar-refractivity contribution in [1.82, 2.24) is 4.98 Å². The molecule has 0 aromatic carbocycles. The number of hydrogen-bond donors (Lipinski definition) is 2. The van der Waals surface area contributed by atoms with Gasteiger partial charge in [0.25, 0.3) is 5.91 Å². The Morgan fingerprint density at radius 2 is 2.12 bits per heavy atom. The second kappa shape index (κ2) is 6.28. The van der Waals surface area contributed by atoms with Crippen LogP contribution in [0.4, 0.5) is 5.13 Å². The Bertz CT molecular complexity index is 418. The molecule has 0 aliphatic carbocycles. The maximum atomic E-state index is 11.2. The minimum absolute atomic E-state index is 0.0552. The molecule has 2 N–H and O–H groups in total. The number of rotatable bonds is 6. The number of aromatic carboxylic acids is 1. The third-order valence-corrected chi connectivity index (χ3v) is 2.70. The Labute approximate surface area is 101 Å². The van der Waals surface area contributed by atoms with Crippen molar-refractivity contribution in [3.63, 3.8) is 0 Å². The van der Waals surface area contributed by atoms with Crippen molar-refractivity contribution in [2.45, 2.75) is 6.61 Å². The van der Waals surface area contributed by atoms with Crippen LogP contribution in [0.15, 0.2) is 0 Å². The maximum absolute atomic E-state index is 11.2. The predicted octanol–water partition coefficient (Wildman–Crippen LogP) is 0.573. The van der Waals surface area contributed by atoms with Gasteiger partial charge in [0.2, 0.25) is 0 Å². The number of anilines is 1. The third kappa shape index (κ3) is 3.77. The SMILES string of the molecule is COCC(=O)Nc1nc(COC)c(C(=O)O)s1. The molecule has 7 nitrogen and oxygen atoms in total. The van der Waals surface area contributed by atoms with Gasteiger partial charge in [0.1, 0.15) is 11.5 Å². The van der Waals surface area contributed by atoms with Crippen LogP contribution < -0.4 is 5.32 Å². The van der Waals surface area contributed by atoms with Gasteiger partial charge in [-0.3, -0.25) is 10.1 Å². The summed E-state index contributed by atoms with van der Waals surface area (Å²) in [4.78, 5) is 26.1. The summed E-state index contributed by atoms with van der Waals surface area (Å²) in [5.41, 5.74) is 0.290. The number of nitrogens with one attached hydrogen (secondary N) is 1. The molecule has 94 valence electrons. The summed E-state index contributed by atoms with van der Waals surface area (Å²) in [5.74, 6) is -1.48. The van der Waals surface area contributed by atoms with Crippen LogP contribution in [0, 0.1) is 0 Å². The standard InChI is InChI=1S/C9H12N2O5S/c1-15-3-5-7(8(13)14)17-9(10-5)11-6(12)4-16-2/h3-4H2,1-2H3,(H,13,14)(H,10,11,12). The lowest BCUT2D eigenvalue weighted by Gasteiger charge is -1.98. The van der Waals surface area contributed by atoms with E-state index in [1.807, 2.05) is 0 Å². The number of amides is 1. The summed E-state index contributed by atoms with van der Waals surface area (Å²) in [6.45, 7) is -0.0279. The number of carbonyl (C=O) groups excluding carboxylic acids is 1. The molecule has 1 aromatic heterocycles. The Balaban J connectivity index is 2.84. The lowest BCUT2D eigenvalue weighted by Crippen LogP contribution is -2.16. The minimum Gasteiger partial charge on any atom is -0.477 e. The Hall–Kier alpha value is -1.51. The van der Waals surface area contributed by atoms with Crippen LogP contribution in [-0.4, -0.2) is 42.8 Å². The molecule has 0 atom stereocenters. The zero-order chi connectivity index (χ0) is 12.8.